The molecule has 116 valence electrons. The number of nitrogens with one attached hydrogen (secondary N) is 1. The van der Waals surface area contributed by atoms with Crippen molar-refractivity contribution in [3.8, 4) is 0 Å². The molecule has 7 heteroatoms. The van der Waals surface area contributed by atoms with Crippen molar-refractivity contribution in [1.29, 1.82) is 0 Å². The number of benzene rings is 1. The second-order valence-corrected chi connectivity index (χ2v) is 5.35. The molecule has 0 heterocycles. The zero-order valence-corrected chi connectivity index (χ0v) is 12.7. The molecular formula is C14H19FN2O3S. The van der Waals surface area contributed by atoms with Crippen molar-refractivity contribution in [1.82, 2.24) is 0 Å². The Bertz CT molecular complexity index is 497. The van der Waals surface area contributed by atoms with Gasteiger partial charge in [0.25, 0.3) is 0 Å². The van der Waals surface area contributed by atoms with E-state index >= 15 is 0 Å². The molecule has 0 aliphatic carbocycles. The second kappa shape index (κ2) is 9.23. The van der Waals surface area contributed by atoms with Crippen molar-refractivity contribution >= 4 is 35.0 Å². The van der Waals surface area contributed by atoms with E-state index in [1.165, 1.54) is 30.0 Å². The van der Waals surface area contributed by atoms with Crippen LogP contribution in [-0.4, -0.2) is 30.0 Å². The highest BCUT2D eigenvalue weighted by atomic mass is 32.2. The van der Waals surface area contributed by atoms with Crippen LogP contribution in [0, 0.1) is 5.82 Å². The van der Waals surface area contributed by atoms with Crippen LogP contribution in [0.5, 0.6) is 0 Å². The average molecular weight is 314 g/mol. The van der Waals surface area contributed by atoms with E-state index in [0.29, 0.717) is 36.6 Å². The first-order valence-electron chi connectivity index (χ1n) is 6.61. The lowest BCUT2D eigenvalue weighted by molar-refractivity contribution is -0.139. The minimum atomic E-state index is -0.511. The van der Waals surface area contributed by atoms with E-state index in [0.717, 1.165) is 0 Å². The summed E-state index contributed by atoms with van der Waals surface area (Å²) in [6.45, 7) is 2.14. The summed E-state index contributed by atoms with van der Waals surface area (Å²) < 4.78 is 17.8. The van der Waals surface area contributed by atoms with Crippen LogP contribution in [0.1, 0.15) is 19.8 Å². The first kappa shape index (κ1) is 17.3. The number of carbonyl (C=O) groups is 2. The molecule has 0 unspecified atom stereocenters. The van der Waals surface area contributed by atoms with Gasteiger partial charge in [0, 0.05) is 12.1 Å². The fourth-order valence-electron chi connectivity index (χ4n) is 1.54. The van der Waals surface area contributed by atoms with Crippen LogP contribution < -0.4 is 11.1 Å². The lowest BCUT2D eigenvalue weighted by Crippen LogP contribution is -2.12. The van der Waals surface area contributed by atoms with Gasteiger partial charge in [0.1, 0.15) is 5.82 Å². The third-order valence-corrected chi connectivity index (χ3v) is 3.51. The van der Waals surface area contributed by atoms with Gasteiger partial charge in [-0.05, 0) is 37.3 Å². The molecular weight excluding hydrogens is 295 g/mol. The summed E-state index contributed by atoms with van der Waals surface area (Å²) in [5.41, 5.74) is 5.88. The van der Waals surface area contributed by atoms with Crippen molar-refractivity contribution in [2.24, 2.45) is 0 Å². The largest absolute Gasteiger partial charge is 0.465 e. The summed E-state index contributed by atoms with van der Waals surface area (Å²) in [4.78, 5) is 22.7. The number of carbonyl (C=O) groups excluding carboxylic acids is 2. The second-order valence-electron chi connectivity index (χ2n) is 4.25. The van der Waals surface area contributed by atoms with Crippen LogP contribution in [0.25, 0.3) is 0 Å². The average Bonchev–Trinajstić information content (AvgIpc) is 2.43. The molecule has 0 bridgehead atoms. The maximum atomic E-state index is 13.0. The highest BCUT2D eigenvalue weighted by Crippen LogP contribution is 2.16. The Morgan fingerprint density at radius 2 is 2.19 bits per heavy atom. The van der Waals surface area contributed by atoms with E-state index < -0.39 is 5.82 Å². The van der Waals surface area contributed by atoms with Gasteiger partial charge >= 0.3 is 5.97 Å². The minimum absolute atomic E-state index is 0.00204. The lowest BCUT2D eigenvalue weighted by Gasteiger charge is -2.06. The number of amides is 1. The van der Waals surface area contributed by atoms with Gasteiger partial charge in [0.2, 0.25) is 5.91 Å². The molecule has 0 atom stereocenters. The summed E-state index contributed by atoms with van der Waals surface area (Å²) in [5, 5.41) is 2.64. The minimum Gasteiger partial charge on any atom is -0.465 e. The number of rotatable bonds is 8. The van der Waals surface area contributed by atoms with Crippen LogP contribution >= 0.6 is 11.8 Å². The van der Waals surface area contributed by atoms with Crippen molar-refractivity contribution in [3.63, 3.8) is 0 Å². The molecule has 21 heavy (non-hydrogen) atoms. The number of halogens is 1. The number of thioether (sulfide) groups is 1. The molecule has 1 aromatic rings. The van der Waals surface area contributed by atoms with Gasteiger partial charge in [-0.3, -0.25) is 9.59 Å². The van der Waals surface area contributed by atoms with E-state index in [9.17, 15) is 14.0 Å². The van der Waals surface area contributed by atoms with Crippen LogP contribution in [0.4, 0.5) is 15.8 Å². The molecule has 1 amide bonds. The van der Waals surface area contributed by atoms with Gasteiger partial charge in [-0.2, -0.15) is 11.8 Å². The molecule has 0 saturated carbocycles. The van der Waals surface area contributed by atoms with Crippen LogP contribution in [0.3, 0.4) is 0 Å². The highest BCUT2D eigenvalue weighted by molar-refractivity contribution is 7.99. The van der Waals surface area contributed by atoms with Gasteiger partial charge < -0.3 is 15.8 Å². The molecule has 0 aromatic heterocycles. The summed E-state index contributed by atoms with van der Waals surface area (Å²) in [7, 11) is 0. The zero-order valence-electron chi connectivity index (χ0n) is 11.9. The number of nitrogens with two attached hydrogens (primary N) is 1. The van der Waals surface area contributed by atoms with E-state index in [1.807, 2.05) is 0 Å². The quantitative estimate of drug-likeness (QED) is 0.437. The third kappa shape index (κ3) is 6.99. The predicted molar refractivity (Wildman–Crippen MR) is 82.6 cm³/mol. The lowest BCUT2D eigenvalue weighted by atomic mass is 10.2. The fraction of sp³-hybridized carbons (Fsp3) is 0.429. The topological polar surface area (TPSA) is 81.4 Å². The summed E-state index contributed by atoms with van der Waals surface area (Å²) in [6, 6.07) is 4.04. The first-order valence-corrected chi connectivity index (χ1v) is 7.76. The maximum absolute atomic E-state index is 13.0. The molecule has 0 radical (unpaired) electrons. The van der Waals surface area contributed by atoms with E-state index in [2.05, 4.69) is 5.32 Å². The fourth-order valence-corrected chi connectivity index (χ4v) is 2.28. The third-order valence-electron chi connectivity index (χ3n) is 2.50. The normalized spacial score (nSPS) is 10.2. The monoisotopic (exact) mass is 314 g/mol. The number of hydrogen-bond donors (Lipinski definition) is 2. The van der Waals surface area contributed by atoms with Gasteiger partial charge in [0.05, 0.1) is 18.0 Å². The Hall–Kier alpha value is -1.76. The Morgan fingerprint density at radius 3 is 2.86 bits per heavy atom. The summed E-state index contributed by atoms with van der Waals surface area (Å²) in [5.74, 6) is 0.0664. The molecule has 0 fully saturated rings. The summed E-state index contributed by atoms with van der Waals surface area (Å²) in [6.07, 6.45) is 0.972. The molecule has 0 saturated heterocycles. The molecule has 0 aliphatic rings. The van der Waals surface area contributed by atoms with E-state index in [4.69, 9.17) is 10.5 Å². The zero-order chi connectivity index (χ0) is 15.7. The van der Waals surface area contributed by atoms with E-state index in [1.54, 1.807) is 6.92 Å². The van der Waals surface area contributed by atoms with Crippen molar-refractivity contribution in [2.45, 2.75) is 19.8 Å². The highest BCUT2D eigenvalue weighted by Gasteiger charge is 2.06. The van der Waals surface area contributed by atoms with Gasteiger partial charge in [-0.25, -0.2) is 4.39 Å². The summed E-state index contributed by atoms with van der Waals surface area (Å²) >= 11 is 1.43. The van der Waals surface area contributed by atoms with Crippen LogP contribution in [0.15, 0.2) is 18.2 Å². The Labute approximate surface area is 127 Å². The van der Waals surface area contributed by atoms with Crippen molar-refractivity contribution in [3.05, 3.63) is 24.0 Å². The molecule has 5 nitrogen and oxygen atoms in total. The molecule has 0 spiro atoms. The molecule has 1 aromatic carbocycles. The van der Waals surface area contributed by atoms with Gasteiger partial charge in [-0.15, -0.1) is 0 Å². The number of anilines is 2. The Morgan fingerprint density at radius 1 is 1.43 bits per heavy atom. The van der Waals surface area contributed by atoms with Crippen molar-refractivity contribution < 1.29 is 18.7 Å². The molecule has 3 N–H and O–H groups in total. The number of nitrogen functional groups attached to an aromatic ring is 1. The van der Waals surface area contributed by atoms with Crippen LogP contribution in [0.2, 0.25) is 0 Å². The van der Waals surface area contributed by atoms with Crippen LogP contribution in [-0.2, 0) is 14.3 Å². The SMILES string of the molecule is CCOC(=O)CSCCCC(=O)Nc1ccc(F)c(N)c1. The maximum Gasteiger partial charge on any atom is 0.315 e. The first-order chi connectivity index (χ1) is 10.0. The standard InChI is InChI=1S/C14H19FN2O3S/c1-2-20-14(19)9-21-7-3-4-13(18)17-10-5-6-11(15)12(16)8-10/h5-6,8H,2-4,7,9,16H2,1H3,(H,17,18). The molecule has 1 rings (SSSR count). The number of esters is 1. The predicted octanol–water partition coefficient (Wildman–Crippen LogP) is 2.42. The smallest absolute Gasteiger partial charge is 0.315 e. The van der Waals surface area contributed by atoms with Crippen molar-refractivity contribution in [2.75, 3.05) is 29.2 Å². The molecule has 0 aliphatic heterocycles. The van der Waals surface area contributed by atoms with Gasteiger partial charge in [-0.1, -0.05) is 0 Å². The number of hydrogen-bond acceptors (Lipinski definition) is 5. The Kier molecular flexibility index (Phi) is 7.60. The van der Waals surface area contributed by atoms with Gasteiger partial charge in [0.15, 0.2) is 0 Å². The number of ether oxygens (including phenoxy) is 1. The van der Waals surface area contributed by atoms with E-state index in [-0.39, 0.29) is 17.6 Å². The Balaban J connectivity index is 2.19.